The Kier molecular flexibility index (Phi) is 36.9. The highest BCUT2D eigenvalue weighted by Gasteiger charge is 2.16. The lowest BCUT2D eigenvalue weighted by molar-refractivity contribution is 0.285. The summed E-state index contributed by atoms with van der Waals surface area (Å²) in [7, 11) is 0. The van der Waals surface area contributed by atoms with Crippen LogP contribution in [0.5, 0.6) is 80.5 Å². The maximum absolute atomic E-state index is 10.1. The summed E-state index contributed by atoms with van der Waals surface area (Å²) in [5.41, 5.74) is 16.2. The summed E-state index contributed by atoms with van der Waals surface area (Å²) in [5, 5.41) is 10.1. The molecule has 0 unspecified atom stereocenters. The van der Waals surface area contributed by atoms with Crippen LogP contribution in [0.25, 0.3) is 0 Å². The number of aliphatic hydroxyl groups excluding tert-OH is 1. The second-order valence-corrected chi connectivity index (χ2v) is 33.4. The summed E-state index contributed by atoms with van der Waals surface area (Å²) in [4.78, 5) is 0. The predicted molar refractivity (Wildman–Crippen MR) is 530 cm³/mol. The highest BCUT2D eigenvalue weighted by atomic mass is 16.5. The number of benzene rings is 15. The van der Waals surface area contributed by atoms with Gasteiger partial charge >= 0.3 is 0 Å². The first-order valence-corrected chi connectivity index (χ1v) is 46.9. The first-order chi connectivity index (χ1) is 66.2. The Bertz CT molecular complexity index is 5020. The number of hydrogen-bond acceptors (Lipinski definition) is 15. The average molecular weight is 1790 g/mol. The number of rotatable bonds is 57. The van der Waals surface area contributed by atoms with Gasteiger partial charge in [0.2, 0.25) is 0 Å². The van der Waals surface area contributed by atoms with Crippen molar-refractivity contribution in [3.05, 3.63) is 454 Å². The third-order valence-corrected chi connectivity index (χ3v) is 22.5. The fourth-order valence-electron chi connectivity index (χ4n) is 15.6. The maximum Gasteiger partial charge on any atom is 0.123 e. The fourth-order valence-corrected chi connectivity index (χ4v) is 15.6. The van der Waals surface area contributed by atoms with Gasteiger partial charge in [0.05, 0.1) is 39.6 Å². The molecule has 0 fully saturated rings. The average Bonchev–Trinajstić information content (AvgIpc) is 0.878. The molecule has 0 aliphatic carbocycles. The second kappa shape index (κ2) is 52.5. The van der Waals surface area contributed by atoms with Gasteiger partial charge in [-0.3, -0.25) is 0 Å². The van der Waals surface area contributed by atoms with Gasteiger partial charge in [0.25, 0.3) is 0 Å². The second-order valence-electron chi connectivity index (χ2n) is 33.4. The third-order valence-electron chi connectivity index (χ3n) is 22.5. The molecular weight excluding hydrogens is 1670 g/mol. The fraction of sp³-hybridized carbons (Fsp3) is 0.244. The van der Waals surface area contributed by atoms with Gasteiger partial charge in [0, 0.05) is 49.1 Å². The van der Waals surface area contributed by atoms with Gasteiger partial charge < -0.3 is 71.4 Å². The summed E-state index contributed by atoms with van der Waals surface area (Å²) in [6.45, 7) is 6.33. The van der Waals surface area contributed by atoms with Gasteiger partial charge in [0.15, 0.2) is 0 Å². The normalized spacial score (nSPS) is 11.0. The topological polar surface area (TPSA) is 149 Å². The van der Waals surface area contributed by atoms with Crippen molar-refractivity contribution >= 4 is 0 Å². The van der Waals surface area contributed by atoms with E-state index in [2.05, 4.69) is 182 Å². The lowest BCUT2D eigenvalue weighted by atomic mass is 10.1. The van der Waals surface area contributed by atoms with Crippen molar-refractivity contribution in [1.82, 2.24) is 0 Å². The maximum atomic E-state index is 10.1. The molecule has 134 heavy (non-hydrogen) atoms. The van der Waals surface area contributed by atoms with Crippen LogP contribution in [0.2, 0.25) is 0 Å². The molecule has 0 bridgehead atoms. The zero-order valence-corrected chi connectivity index (χ0v) is 76.4. The van der Waals surface area contributed by atoms with Gasteiger partial charge in [-0.05, 0) is 258 Å². The SMILES string of the molecule is OCCCc1cc(OCCCc2cc(OCCCc3cc(OCc4ccccc4)cc(OCc4ccccc4)c3)cc(OCCCc3cc(OCc4ccccc4)cc(OCc4ccccc4)c3)c2)cc(OCCCc2cc(OCCCc3cc(OCc4ccccc4)cc(OCc4ccccc4)c3)cc(OCCCc3cc(OCc4ccccc4)cc(OCc4ccccc4)c3)c2)c1. The molecule has 0 aliphatic heterocycles. The summed E-state index contributed by atoms with van der Waals surface area (Å²) in [6.07, 6.45) is 9.97. The molecule has 0 aromatic heterocycles. The molecule has 0 heterocycles. The Labute approximate surface area is 789 Å². The number of hydrogen-bond donors (Lipinski definition) is 1. The van der Waals surface area contributed by atoms with Crippen LogP contribution in [0.15, 0.2) is 370 Å². The molecule has 0 radical (unpaired) electrons. The van der Waals surface area contributed by atoms with E-state index in [1.807, 2.05) is 188 Å². The van der Waals surface area contributed by atoms with Gasteiger partial charge in [-0.15, -0.1) is 0 Å². The van der Waals surface area contributed by atoms with Crippen LogP contribution in [0.4, 0.5) is 0 Å². The van der Waals surface area contributed by atoms with Crippen molar-refractivity contribution in [3.63, 3.8) is 0 Å². The van der Waals surface area contributed by atoms with Crippen molar-refractivity contribution < 1.29 is 71.4 Å². The van der Waals surface area contributed by atoms with Gasteiger partial charge in [-0.1, -0.05) is 243 Å². The number of ether oxygens (including phenoxy) is 14. The van der Waals surface area contributed by atoms with Crippen molar-refractivity contribution in [3.8, 4) is 80.5 Å². The minimum atomic E-state index is 0.0646. The van der Waals surface area contributed by atoms with Crippen LogP contribution < -0.4 is 66.3 Å². The van der Waals surface area contributed by atoms with E-state index in [1.165, 1.54) is 0 Å². The molecule has 0 amide bonds. The minimum Gasteiger partial charge on any atom is -0.493 e. The zero-order valence-electron chi connectivity index (χ0n) is 76.4. The Balaban J connectivity index is 0.599. The molecule has 0 saturated heterocycles. The first-order valence-electron chi connectivity index (χ1n) is 46.9. The largest absolute Gasteiger partial charge is 0.493 e. The van der Waals surface area contributed by atoms with Crippen LogP contribution in [-0.2, 0) is 97.8 Å². The number of aryl methyl sites for hydroxylation is 7. The van der Waals surface area contributed by atoms with Crippen LogP contribution in [0.3, 0.4) is 0 Å². The zero-order chi connectivity index (χ0) is 91.3. The molecule has 0 atom stereocenters. The van der Waals surface area contributed by atoms with Crippen LogP contribution >= 0.6 is 0 Å². The van der Waals surface area contributed by atoms with E-state index in [1.54, 1.807) is 0 Å². The van der Waals surface area contributed by atoms with E-state index in [4.69, 9.17) is 66.3 Å². The monoisotopic (exact) mass is 1790 g/mol. The quantitative estimate of drug-likeness (QED) is 0.0360. The lowest BCUT2D eigenvalue weighted by Gasteiger charge is -2.15. The number of aliphatic hydroxyl groups is 1. The summed E-state index contributed by atoms with van der Waals surface area (Å²) in [5.74, 6) is 10.3. The van der Waals surface area contributed by atoms with Crippen LogP contribution in [0, 0.1) is 0 Å². The molecule has 15 nitrogen and oxygen atoms in total. The molecule has 0 aliphatic rings. The Morgan fingerprint density at radius 1 is 0.127 bits per heavy atom. The van der Waals surface area contributed by atoms with E-state index >= 15 is 0 Å². The lowest BCUT2D eigenvalue weighted by Crippen LogP contribution is -2.05. The molecule has 0 spiro atoms. The Morgan fingerprint density at radius 2 is 0.246 bits per heavy atom. The van der Waals surface area contributed by atoms with Crippen LogP contribution in [-0.4, -0.2) is 51.4 Å². The van der Waals surface area contributed by atoms with Crippen molar-refractivity contribution in [2.75, 3.05) is 46.2 Å². The molecule has 686 valence electrons. The first kappa shape index (κ1) is 94.1. The van der Waals surface area contributed by atoms with Gasteiger partial charge in [-0.2, -0.15) is 0 Å². The third kappa shape index (κ3) is 33.1. The molecule has 15 aromatic carbocycles. The van der Waals surface area contributed by atoms with E-state index in [9.17, 15) is 5.11 Å². The Hall–Kier alpha value is -14.5. The van der Waals surface area contributed by atoms with E-state index < -0.39 is 0 Å². The molecule has 15 rings (SSSR count). The molecular formula is C119H120O15. The highest BCUT2D eigenvalue weighted by molar-refractivity contribution is 5.46. The van der Waals surface area contributed by atoms with E-state index in [-0.39, 0.29) is 6.61 Å². The summed E-state index contributed by atoms with van der Waals surface area (Å²) in [6, 6.07) is 125. The van der Waals surface area contributed by atoms with E-state index in [0.717, 1.165) is 204 Å². The summed E-state index contributed by atoms with van der Waals surface area (Å²) < 4.78 is 91.1. The van der Waals surface area contributed by atoms with Crippen molar-refractivity contribution in [2.45, 2.75) is 143 Å². The molecule has 15 aromatic rings. The summed E-state index contributed by atoms with van der Waals surface area (Å²) >= 11 is 0. The van der Waals surface area contributed by atoms with Gasteiger partial charge in [0.1, 0.15) is 133 Å². The molecule has 1 N–H and O–H groups in total. The molecule has 15 heteroatoms. The molecule has 0 saturated carbocycles. The highest BCUT2D eigenvalue weighted by Crippen LogP contribution is 2.35. The van der Waals surface area contributed by atoms with Gasteiger partial charge in [-0.25, -0.2) is 0 Å². The minimum absolute atomic E-state index is 0.0646. The standard InChI is InChI=1S/C119H120O15/c120-55-25-48-99-62-106(121-56-26-49-100-64-108(123-58-28-51-102-68-112(127-83-91-32-9-1-10-33-91)79-113(69-102)128-84-92-34-11-2-12-35-92)77-109(65-100)124-59-29-52-103-70-114(129-85-93-36-13-3-14-37-93)80-115(71-103)130-86-94-38-15-4-16-39-94)76-107(63-99)122-57-27-50-101-66-110(125-60-30-53-104-72-116(131-87-95-40-17-5-18-41-95)81-117(73-104)132-88-96-42-19-6-20-43-96)78-111(67-101)126-61-31-54-105-74-118(133-89-97-44-21-7-22-45-97)82-119(75-105)134-90-98-46-23-8-24-47-98/h1-24,32-47,62-82,120H,25-31,48-61,83-90H2. The predicted octanol–water partition coefficient (Wildman–Crippen LogP) is 26.3. The Morgan fingerprint density at radius 3 is 0.373 bits per heavy atom. The van der Waals surface area contributed by atoms with Crippen molar-refractivity contribution in [2.24, 2.45) is 0 Å². The van der Waals surface area contributed by atoms with Crippen LogP contribution in [0.1, 0.15) is 128 Å². The van der Waals surface area contributed by atoms with E-state index in [0.29, 0.717) is 143 Å². The smallest absolute Gasteiger partial charge is 0.123 e. The van der Waals surface area contributed by atoms with Crippen molar-refractivity contribution in [1.29, 1.82) is 0 Å².